The van der Waals surface area contributed by atoms with Crippen molar-refractivity contribution in [2.24, 2.45) is 5.73 Å². The molecule has 7 heteroatoms. The van der Waals surface area contributed by atoms with Crippen LogP contribution in [0.4, 0.5) is 0 Å². The number of hydrogen-bond donors (Lipinski definition) is 1. The number of halogens is 2. The van der Waals surface area contributed by atoms with Crippen LogP contribution >= 0.6 is 24.8 Å². The molecular formula is C13H31Cl2N3O2. The second-order valence-electron chi connectivity index (χ2n) is 4.36. The van der Waals surface area contributed by atoms with Crippen LogP contribution in [0.15, 0.2) is 0 Å². The summed E-state index contributed by atoms with van der Waals surface area (Å²) in [4.78, 5) is 16.2. The maximum Gasteiger partial charge on any atom is 0.239 e. The Bertz CT molecular complexity index is 230. The standard InChI is InChI=1S/C13H29N3O2.2ClH/c1-5-12(14)13(17)16(10-11-18-4)9-8-15(6-2)7-3;;/h12H,5-11,14H2,1-4H3;2*1H/t12-;;/m0../s1. The van der Waals surface area contributed by atoms with Gasteiger partial charge in [0.1, 0.15) is 0 Å². The summed E-state index contributed by atoms with van der Waals surface area (Å²) in [5, 5.41) is 0. The zero-order valence-corrected chi connectivity index (χ0v) is 14.8. The third-order valence-electron chi connectivity index (χ3n) is 3.21. The van der Waals surface area contributed by atoms with Gasteiger partial charge in [-0.05, 0) is 19.5 Å². The smallest absolute Gasteiger partial charge is 0.239 e. The van der Waals surface area contributed by atoms with Crippen LogP contribution in [0.2, 0.25) is 0 Å². The molecule has 0 rings (SSSR count). The minimum absolute atomic E-state index is 0. The monoisotopic (exact) mass is 331 g/mol. The van der Waals surface area contributed by atoms with Crippen molar-refractivity contribution in [1.82, 2.24) is 9.80 Å². The molecule has 5 nitrogen and oxygen atoms in total. The van der Waals surface area contributed by atoms with Crippen molar-refractivity contribution in [3.63, 3.8) is 0 Å². The highest BCUT2D eigenvalue weighted by atomic mass is 35.5. The van der Waals surface area contributed by atoms with E-state index in [-0.39, 0.29) is 30.7 Å². The Labute approximate surface area is 136 Å². The van der Waals surface area contributed by atoms with E-state index in [0.29, 0.717) is 19.6 Å². The van der Waals surface area contributed by atoms with Crippen molar-refractivity contribution in [2.45, 2.75) is 33.2 Å². The number of carbonyl (C=O) groups excluding carboxylic acids is 1. The quantitative estimate of drug-likeness (QED) is 0.657. The summed E-state index contributed by atoms with van der Waals surface area (Å²) in [6.45, 7) is 11.0. The van der Waals surface area contributed by atoms with E-state index in [1.807, 2.05) is 11.8 Å². The third-order valence-corrected chi connectivity index (χ3v) is 3.21. The molecule has 0 aromatic carbocycles. The molecule has 0 aromatic rings. The van der Waals surface area contributed by atoms with E-state index in [0.717, 1.165) is 26.2 Å². The predicted octanol–water partition coefficient (Wildman–Crippen LogP) is 1.38. The van der Waals surface area contributed by atoms with Gasteiger partial charge in [0.25, 0.3) is 0 Å². The van der Waals surface area contributed by atoms with E-state index >= 15 is 0 Å². The van der Waals surface area contributed by atoms with Gasteiger partial charge < -0.3 is 20.3 Å². The van der Waals surface area contributed by atoms with Crippen molar-refractivity contribution in [1.29, 1.82) is 0 Å². The summed E-state index contributed by atoms with van der Waals surface area (Å²) in [5.74, 6) is 0.0294. The summed E-state index contributed by atoms with van der Waals surface area (Å²) in [6, 6.07) is -0.390. The summed E-state index contributed by atoms with van der Waals surface area (Å²) in [6.07, 6.45) is 0.674. The number of nitrogens with two attached hydrogens (primary N) is 1. The fourth-order valence-electron chi connectivity index (χ4n) is 1.74. The van der Waals surface area contributed by atoms with E-state index in [1.165, 1.54) is 0 Å². The average molecular weight is 332 g/mol. The Morgan fingerprint density at radius 2 is 1.65 bits per heavy atom. The highest BCUT2D eigenvalue weighted by molar-refractivity contribution is 5.85. The highest BCUT2D eigenvalue weighted by Gasteiger charge is 2.19. The molecule has 2 N–H and O–H groups in total. The minimum atomic E-state index is -0.390. The first-order chi connectivity index (χ1) is 8.60. The fourth-order valence-corrected chi connectivity index (χ4v) is 1.74. The molecule has 0 saturated carbocycles. The van der Waals surface area contributed by atoms with Gasteiger partial charge in [-0.3, -0.25) is 4.79 Å². The van der Waals surface area contributed by atoms with Gasteiger partial charge in [0.15, 0.2) is 0 Å². The van der Waals surface area contributed by atoms with Crippen LogP contribution in [-0.4, -0.2) is 68.2 Å². The molecule has 0 saturated heterocycles. The Hall–Kier alpha value is -0.0700. The van der Waals surface area contributed by atoms with Gasteiger partial charge in [-0.2, -0.15) is 0 Å². The highest BCUT2D eigenvalue weighted by Crippen LogP contribution is 1.99. The van der Waals surface area contributed by atoms with Gasteiger partial charge in [-0.25, -0.2) is 0 Å². The van der Waals surface area contributed by atoms with Gasteiger partial charge in [-0.15, -0.1) is 24.8 Å². The number of nitrogens with zero attached hydrogens (tertiary/aromatic N) is 2. The van der Waals surface area contributed by atoms with Crippen molar-refractivity contribution >= 4 is 30.7 Å². The molecule has 0 aliphatic heterocycles. The summed E-state index contributed by atoms with van der Waals surface area (Å²) >= 11 is 0. The Morgan fingerprint density at radius 3 is 2.05 bits per heavy atom. The molecule has 0 bridgehead atoms. The van der Waals surface area contributed by atoms with Gasteiger partial charge in [0.05, 0.1) is 12.6 Å². The maximum atomic E-state index is 12.1. The van der Waals surface area contributed by atoms with Gasteiger partial charge in [0.2, 0.25) is 5.91 Å². The van der Waals surface area contributed by atoms with Gasteiger partial charge >= 0.3 is 0 Å². The largest absolute Gasteiger partial charge is 0.383 e. The van der Waals surface area contributed by atoms with Crippen LogP contribution in [0.25, 0.3) is 0 Å². The molecule has 0 aromatic heterocycles. The van der Waals surface area contributed by atoms with Crippen molar-refractivity contribution in [2.75, 3.05) is 46.4 Å². The SMILES string of the molecule is CC[C@H](N)C(=O)N(CCOC)CCN(CC)CC.Cl.Cl. The number of likely N-dealkylation sites (N-methyl/N-ethyl adjacent to an activating group) is 1. The van der Waals surface area contributed by atoms with Crippen LogP contribution in [0.5, 0.6) is 0 Å². The summed E-state index contributed by atoms with van der Waals surface area (Å²) in [5.41, 5.74) is 5.81. The van der Waals surface area contributed by atoms with Crippen LogP contribution < -0.4 is 5.73 Å². The maximum absolute atomic E-state index is 12.1. The molecule has 1 atom stereocenters. The molecule has 0 aliphatic carbocycles. The molecule has 0 aliphatic rings. The number of carbonyl (C=O) groups is 1. The first kappa shape index (κ1) is 24.9. The minimum Gasteiger partial charge on any atom is -0.383 e. The van der Waals surface area contributed by atoms with Crippen molar-refractivity contribution in [3.05, 3.63) is 0 Å². The number of amides is 1. The zero-order valence-electron chi connectivity index (χ0n) is 13.1. The lowest BCUT2D eigenvalue weighted by atomic mass is 10.2. The molecule has 0 heterocycles. The lowest BCUT2D eigenvalue weighted by Gasteiger charge is -2.28. The van der Waals surface area contributed by atoms with E-state index in [2.05, 4.69) is 18.7 Å². The number of hydrogen-bond acceptors (Lipinski definition) is 4. The second kappa shape index (κ2) is 15.3. The second-order valence-corrected chi connectivity index (χ2v) is 4.36. The molecule has 0 spiro atoms. The molecule has 1 amide bonds. The van der Waals surface area contributed by atoms with Crippen LogP contribution in [0, 0.1) is 0 Å². The van der Waals surface area contributed by atoms with Gasteiger partial charge in [0, 0.05) is 26.7 Å². The van der Waals surface area contributed by atoms with Crippen LogP contribution in [0.3, 0.4) is 0 Å². The zero-order chi connectivity index (χ0) is 14.0. The molecule has 0 fully saturated rings. The summed E-state index contributed by atoms with van der Waals surface area (Å²) < 4.78 is 5.05. The lowest BCUT2D eigenvalue weighted by Crippen LogP contribution is -2.47. The predicted molar refractivity (Wildman–Crippen MR) is 89.0 cm³/mol. The molecule has 0 radical (unpaired) electrons. The Balaban J connectivity index is -0.00000144. The van der Waals surface area contributed by atoms with E-state index in [9.17, 15) is 4.79 Å². The number of methoxy groups -OCH3 is 1. The lowest BCUT2D eigenvalue weighted by molar-refractivity contribution is -0.133. The molecular weight excluding hydrogens is 301 g/mol. The van der Waals surface area contributed by atoms with Gasteiger partial charge in [-0.1, -0.05) is 20.8 Å². The van der Waals surface area contributed by atoms with Crippen LogP contribution in [0.1, 0.15) is 27.2 Å². The third kappa shape index (κ3) is 9.77. The van der Waals surface area contributed by atoms with E-state index < -0.39 is 6.04 Å². The average Bonchev–Trinajstić information content (AvgIpc) is 2.41. The molecule has 20 heavy (non-hydrogen) atoms. The normalized spacial score (nSPS) is 11.5. The fraction of sp³-hybridized carbons (Fsp3) is 0.923. The van der Waals surface area contributed by atoms with E-state index in [4.69, 9.17) is 10.5 Å². The summed E-state index contributed by atoms with van der Waals surface area (Å²) in [7, 11) is 1.65. The molecule has 124 valence electrons. The molecule has 0 unspecified atom stereocenters. The Kier molecular flexibility index (Phi) is 19.1. The van der Waals surface area contributed by atoms with E-state index in [1.54, 1.807) is 7.11 Å². The topological polar surface area (TPSA) is 58.8 Å². The number of ether oxygens (including phenoxy) is 1. The number of rotatable bonds is 10. The Morgan fingerprint density at radius 1 is 1.10 bits per heavy atom. The first-order valence-corrected chi connectivity index (χ1v) is 6.86. The van der Waals surface area contributed by atoms with Crippen molar-refractivity contribution in [3.8, 4) is 0 Å². The van der Waals surface area contributed by atoms with Crippen molar-refractivity contribution < 1.29 is 9.53 Å². The van der Waals surface area contributed by atoms with Crippen LogP contribution in [-0.2, 0) is 9.53 Å². The first-order valence-electron chi connectivity index (χ1n) is 6.86.